The monoisotopic (exact) mass is 215 g/mol. The van der Waals surface area contributed by atoms with Crippen molar-refractivity contribution in [2.24, 2.45) is 5.73 Å². The Morgan fingerprint density at radius 3 is 2.79 bits per heavy atom. The Bertz CT molecular complexity index is 326. The van der Waals surface area contributed by atoms with Gasteiger partial charge >= 0.3 is 0 Å². The molecule has 1 aromatic carbocycles. The summed E-state index contributed by atoms with van der Waals surface area (Å²) in [4.78, 5) is 0.326. The number of thioether (sulfide) groups is 1. The van der Waals surface area contributed by atoms with Gasteiger partial charge in [0.2, 0.25) is 0 Å². The summed E-state index contributed by atoms with van der Waals surface area (Å²) in [6.45, 7) is 0.464. The molecule has 2 N–H and O–H groups in total. The molecule has 76 valence electrons. The van der Waals surface area contributed by atoms with Gasteiger partial charge in [0.15, 0.2) is 0 Å². The molecule has 0 saturated heterocycles. The lowest BCUT2D eigenvalue weighted by Gasteiger charge is -2.00. The molecule has 0 aliphatic carbocycles. The van der Waals surface area contributed by atoms with Crippen LogP contribution in [0.2, 0.25) is 0 Å². The average molecular weight is 215 g/mol. The van der Waals surface area contributed by atoms with Crippen LogP contribution in [0.25, 0.3) is 0 Å². The quantitative estimate of drug-likeness (QED) is 0.617. The van der Waals surface area contributed by atoms with E-state index in [4.69, 9.17) is 5.73 Å². The van der Waals surface area contributed by atoms with Crippen molar-refractivity contribution in [3.63, 3.8) is 0 Å². The van der Waals surface area contributed by atoms with Gasteiger partial charge in [-0.25, -0.2) is 8.78 Å². The lowest BCUT2D eigenvalue weighted by molar-refractivity contribution is 0.577. The summed E-state index contributed by atoms with van der Waals surface area (Å²) in [7, 11) is 0. The summed E-state index contributed by atoms with van der Waals surface area (Å²) in [6, 6.07) is 3.43. The van der Waals surface area contributed by atoms with Crippen molar-refractivity contribution in [3.8, 4) is 0 Å². The molecule has 0 bridgehead atoms. The Morgan fingerprint density at radius 2 is 2.07 bits per heavy atom. The highest BCUT2D eigenvalue weighted by atomic mass is 32.2. The normalized spacial score (nSPS) is 11.1. The fourth-order valence-corrected chi connectivity index (χ4v) is 1.70. The molecule has 0 saturated carbocycles. The molecule has 0 atom stereocenters. The van der Waals surface area contributed by atoms with Crippen molar-refractivity contribution < 1.29 is 8.78 Å². The van der Waals surface area contributed by atoms with E-state index in [9.17, 15) is 8.78 Å². The van der Waals surface area contributed by atoms with Crippen LogP contribution in [0.5, 0.6) is 0 Å². The molecule has 1 nitrogen and oxygen atoms in total. The number of hydrogen-bond acceptors (Lipinski definition) is 2. The van der Waals surface area contributed by atoms with Crippen LogP contribution in [-0.4, -0.2) is 12.3 Å². The number of benzene rings is 1. The second-order valence-electron chi connectivity index (χ2n) is 2.59. The molecule has 1 aromatic rings. The standard InChI is InChI=1S/C10H11F2NS/c11-8-3-4-9(12)10(7-8)14-6-2-1-5-13/h1-4,7H,5-6,13H2/b2-1+. The first kappa shape index (κ1) is 11.2. The van der Waals surface area contributed by atoms with E-state index >= 15 is 0 Å². The van der Waals surface area contributed by atoms with E-state index in [0.29, 0.717) is 17.2 Å². The van der Waals surface area contributed by atoms with Crippen molar-refractivity contribution in [3.05, 3.63) is 42.0 Å². The maximum atomic E-state index is 13.0. The molecule has 1 rings (SSSR count). The minimum Gasteiger partial charge on any atom is -0.327 e. The molecule has 0 fully saturated rings. The predicted molar refractivity (Wildman–Crippen MR) is 55.3 cm³/mol. The van der Waals surface area contributed by atoms with E-state index in [-0.39, 0.29) is 0 Å². The smallest absolute Gasteiger partial charge is 0.136 e. The molecular formula is C10H11F2NS. The third-order valence-corrected chi connectivity index (χ3v) is 2.51. The van der Waals surface area contributed by atoms with E-state index in [2.05, 4.69) is 0 Å². The number of nitrogens with two attached hydrogens (primary N) is 1. The highest BCUT2D eigenvalue weighted by Gasteiger charge is 2.02. The summed E-state index contributed by atoms with van der Waals surface area (Å²) in [5, 5.41) is 0. The topological polar surface area (TPSA) is 26.0 Å². The van der Waals surface area contributed by atoms with Gasteiger partial charge in [0, 0.05) is 17.2 Å². The molecule has 0 unspecified atom stereocenters. The molecule has 0 amide bonds. The molecule has 0 aromatic heterocycles. The van der Waals surface area contributed by atoms with Crippen LogP contribution >= 0.6 is 11.8 Å². The molecule has 0 spiro atoms. The van der Waals surface area contributed by atoms with Gasteiger partial charge < -0.3 is 5.73 Å². The van der Waals surface area contributed by atoms with Crippen LogP contribution in [-0.2, 0) is 0 Å². The highest BCUT2D eigenvalue weighted by molar-refractivity contribution is 7.99. The molecule has 14 heavy (non-hydrogen) atoms. The molecule has 0 aliphatic heterocycles. The summed E-state index contributed by atoms with van der Waals surface area (Å²) < 4.78 is 25.7. The summed E-state index contributed by atoms with van der Waals surface area (Å²) in [5.74, 6) is -0.216. The van der Waals surface area contributed by atoms with Gasteiger partial charge in [0.1, 0.15) is 11.6 Å². The van der Waals surface area contributed by atoms with Gasteiger partial charge in [0.25, 0.3) is 0 Å². The first-order valence-electron chi connectivity index (χ1n) is 4.17. The fourth-order valence-electron chi connectivity index (χ4n) is 0.890. The first-order valence-corrected chi connectivity index (χ1v) is 5.15. The maximum Gasteiger partial charge on any atom is 0.136 e. The van der Waals surface area contributed by atoms with Crippen LogP contribution in [0.15, 0.2) is 35.2 Å². The van der Waals surface area contributed by atoms with E-state index in [1.54, 1.807) is 6.08 Å². The first-order chi connectivity index (χ1) is 6.74. The van der Waals surface area contributed by atoms with E-state index in [1.807, 2.05) is 6.08 Å². The Morgan fingerprint density at radius 1 is 1.29 bits per heavy atom. The van der Waals surface area contributed by atoms with Crippen molar-refractivity contribution >= 4 is 11.8 Å². The van der Waals surface area contributed by atoms with Gasteiger partial charge in [-0.1, -0.05) is 12.2 Å². The van der Waals surface area contributed by atoms with Crippen molar-refractivity contribution in [2.75, 3.05) is 12.3 Å². The molecule has 0 radical (unpaired) electrons. The van der Waals surface area contributed by atoms with E-state index in [0.717, 1.165) is 12.1 Å². The third-order valence-electron chi connectivity index (χ3n) is 1.53. The van der Waals surface area contributed by atoms with Gasteiger partial charge in [-0.15, -0.1) is 11.8 Å². The van der Waals surface area contributed by atoms with Crippen molar-refractivity contribution in [1.29, 1.82) is 0 Å². The van der Waals surface area contributed by atoms with Crippen molar-refractivity contribution in [1.82, 2.24) is 0 Å². The Balaban J connectivity index is 2.57. The minimum atomic E-state index is -0.420. The van der Waals surface area contributed by atoms with Gasteiger partial charge in [-0.05, 0) is 18.2 Å². The Kier molecular flexibility index (Phi) is 4.62. The maximum absolute atomic E-state index is 13.0. The van der Waals surface area contributed by atoms with Gasteiger partial charge in [-0.3, -0.25) is 0 Å². The zero-order valence-corrected chi connectivity index (χ0v) is 8.36. The van der Waals surface area contributed by atoms with Crippen LogP contribution in [0.1, 0.15) is 0 Å². The lowest BCUT2D eigenvalue weighted by atomic mass is 10.3. The Hall–Kier alpha value is -0.870. The second kappa shape index (κ2) is 5.78. The highest BCUT2D eigenvalue weighted by Crippen LogP contribution is 2.22. The molecule has 0 heterocycles. The number of rotatable bonds is 4. The Labute approximate surface area is 86.0 Å². The second-order valence-corrected chi connectivity index (χ2v) is 3.65. The zero-order chi connectivity index (χ0) is 10.4. The van der Waals surface area contributed by atoms with Crippen molar-refractivity contribution in [2.45, 2.75) is 4.90 Å². The largest absolute Gasteiger partial charge is 0.327 e. The van der Waals surface area contributed by atoms with Crippen LogP contribution in [0.4, 0.5) is 8.78 Å². The number of halogens is 2. The predicted octanol–water partition coefficient (Wildman–Crippen LogP) is 2.57. The SMILES string of the molecule is NC/C=C/CSc1cc(F)ccc1F. The van der Waals surface area contributed by atoms with E-state index < -0.39 is 11.6 Å². The molecular weight excluding hydrogens is 204 g/mol. The van der Waals surface area contributed by atoms with Crippen LogP contribution in [0, 0.1) is 11.6 Å². The molecule has 4 heteroatoms. The van der Waals surface area contributed by atoms with Gasteiger partial charge in [-0.2, -0.15) is 0 Å². The van der Waals surface area contributed by atoms with E-state index in [1.165, 1.54) is 17.8 Å². The van der Waals surface area contributed by atoms with Crippen LogP contribution < -0.4 is 5.73 Å². The third kappa shape index (κ3) is 3.47. The van der Waals surface area contributed by atoms with Gasteiger partial charge in [0.05, 0.1) is 0 Å². The number of hydrogen-bond donors (Lipinski definition) is 1. The van der Waals surface area contributed by atoms with Crippen LogP contribution in [0.3, 0.4) is 0 Å². The fraction of sp³-hybridized carbons (Fsp3) is 0.200. The summed E-state index contributed by atoms with van der Waals surface area (Å²) in [5.41, 5.74) is 5.23. The zero-order valence-electron chi connectivity index (χ0n) is 7.54. The summed E-state index contributed by atoms with van der Waals surface area (Å²) >= 11 is 1.24. The lowest BCUT2D eigenvalue weighted by Crippen LogP contribution is -1.92. The average Bonchev–Trinajstić information content (AvgIpc) is 2.18. The molecule has 0 aliphatic rings. The minimum absolute atomic E-state index is 0.326. The summed E-state index contributed by atoms with van der Waals surface area (Å²) in [6.07, 6.45) is 3.61.